The van der Waals surface area contributed by atoms with Crippen molar-refractivity contribution in [2.24, 2.45) is 0 Å². The van der Waals surface area contributed by atoms with Crippen LogP contribution in [-0.2, 0) is 17.6 Å². The number of carbonyl (C=O) groups is 1. The molecule has 0 spiro atoms. The van der Waals surface area contributed by atoms with Crippen LogP contribution in [0, 0.1) is 0 Å². The van der Waals surface area contributed by atoms with E-state index in [2.05, 4.69) is 30.6 Å². The Labute approximate surface area is 116 Å². The van der Waals surface area contributed by atoms with Crippen LogP contribution in [0.15, 0.2) is 10.9 Å². The number of amides is 1. The summed E-state index contributed by atoms with van der Waals surface area (Å²) in [5.74, 6) is 1.72. The molecular weight excluding hydrogens is 260 g/mol. The van der Waals surface area contributed by atoms with Crippen LogP contribution in [0.2, 0.25) is 0 Å². The van der Waals surface area contributed by atoms with Crippen molar-refractivity contribution >= 4 is 5.91 Å². The summed E-state index contributed by atoms with van der Waals surface area (Å²) in [5, 5.41) is 13.1. The van der Waals surface area contributed by atoms with E-state index >= 15 is 0 Å². The number of rotatable bonds is 7. The van der Waals surface area contributed by atoms with Crippen molar-refractivity contribution in [1.29, 1.82) is 0 Å². The van der Waals surface area contributed by atoms with E-state index < -0.39 is 0 Å². The Morgan fingerprint density at radius 2 is 2.35 bits per heavy atom. The van der Waals surface area contributed by atoms with Crippen molar-refractivity contribution in [1.82, 2.24) is 30.6 Å². The standard InChI is InChI=1S/C12H18N6O2/c1-3-4-9-16-11(20-18-9)6-5-10(19)15-8(2)12-13-7-14-17-12/h7-8H,3-6H2,1-2H3,(H,15,19)(H,13,14,17). The van der Waals surface area contributed by atoms with Crippen LogP contribution >= 0.6 is 0 Å². The molecule has 2 N–H and O–H groups in total. The summed E-state index contributed by atoms with van der Waals surface area (Å²) in [6.07, 6.45) is 3.90. The maximum atomic E-state index is 11.8. The van der Waals surface area contributed by atoms with Crippen LogP contribution < -0.4 is 5.32 Å². The summed E-state index contributed by atoms with van der Waals surface area (Å²) >= 11 is 0. The SMILES string of the molecule is CCCc1noc(CCC(=O)NC(C)c2ncn[nH]2)n1. The maximum absolute atomic E-state index is 11.8. The summed E-state index contributed by atoms with van der Waals surface area (Å²) in [4.78, 5) is 20.0. The molecule has 1 amide bonds. The van der Waals surface area contributed by atoms with Crippen molar-refractivity contribution < 1.29 is 9.32 Å². The van der Waals surface area contributed by atoms with Crippen LogP contribution in [0.3, 0.4) is 0 Å². The molecule has 0 aliphatic carbocycles. The molecule has 0 aliphatic heterocycles. The van der Waals surface area contributed by atoms with Crippen LogP contribution in [0.5, 0.6) is 0 Å². The fourth-order valence-corrected chi connectivity index (χ4v) is 1.74. The maximum Gasteiger partial charge on any atom is 0.227 e. The van der Waals surface area contributed by atoms with Crippen LogP contribution in [0.1, 0.15) is 50.3 Å². The molecule has 0 saturated heterocycles. The molecule has 8 heteroatoms. The lowest BCUT2D eigenvalue weighted by Gasteiger charge is -2.09. The topological polar surface area (TPSA) is 110 Å². The van der Waals surface area contributed by atoms with Gasteiger partial charge in [0.25, 0.3) is 0 Å². The second-order valence-electron chi connectivity index (χ2n) is 4.51. The zero-order valence-electron chi connectivity index (χ0n) is 11.6. The van der Waals surface area contributed by atoms with E-state index in [4.69, 9.17) is 4.52 Å². The van der Waals surface area contributed by atoms with E-state index in [9.17, 15) is 4.79 Å². The van der Waals surface area contributed by atoms with Gasteiger partial charge in [-0.15, -0.1) is 0 Å². The fourth-order valence-electron chi connectivity index (χ4n) is 1.74. The lowest BCUT2D eigenvalue weighted by Crippen LogP contribution is -2.27. The number of aromatic amines is 1. The van der Waals surface area contributed by atoms with Crippen molar-refractivity contribution in [3.8, 4) is 0 Å². The van der Waals surface area contributed by atoms with E-state index in [1.54, 1.807) is 0 Å². The molecule has 2 rings (SSSR count). The van der Waals surface area contributed by atoms with E-state index in [1.807, 2.05) is 13.8 Å². The first kappa shape index (κ1) is 14.2. The first-order valence-corrected chi connectivity index (χ1v) is 6.65. The van der Waals surface area contributed by atoms with Gasteiger partial charge in [0.15, 0.2) is 5.82 Å². The summed E-state index contributed by atoms with van der Waals surface area (Å²) in [6.45, 7) is 3.89. The number of hydrogen-bond donors (Lipinski definition) is 2. The second-order valence-corrected chi connectivity index (χ2v) is 4.51. The highest BCUT2D eigenvalue weighted by Crippen LogP contribution is 2.06. The molecule has 2 heterocycles. The quantitative estimate of drug-likeness (QED) is 0.780. The van der Waals surface area contributed by atoms with Crippen LogP contribution in [-0.4, -0.2) is 31.2 Å². The zero-order valence-corrected chi connectivity index (χ0v) is 11.6. The van der Waals surface area contributed by atoms with Crippen LogP contribution in [0.4, 0.5) is 0 Å². The Morgan fingerprint density at radius 1 is 1.50 bits per heavy atom. The molecule has 0 fully saturated rings. The monoisotopic (exact) mass is 278 g/mol. The van der Waals surface area contributed by atoms with Crippen molar-refractivity contribution in [3.05, 3.63) is 23.9 Å². The minimum absolute atomic E-state index is 0.0934. The van der Waals surface area contributed by atoms with Gasteiger partial charge in [0.2, 0.25) is 11.8 Å². The average Bonchev–Trinajstić information content (AvgIpc) is 3.08. The smallest absolute Gasteiger partial charge is 0.227 e. The molecule has 2 aromatic heterocycles. The molecule has 0 bridgehead atoms. The second kappa shape index (κ2) is 6.78. The Bertz CT molecular complexity index is 536. The van der Waals surface area contributed by atoms with Gasteiger partial charge in [0.05, 0.1) is 6.04 Å². The van der Waals surface area contributed by atoms with E-state index in [0.717, 1.165) is 12.8 Å². The highest BCUT2D eigenvalue weighted by Gasteiger charge is 2.13. The number of hydrogen-bond acceptors (Lipinski definition) is 6. The molecule has 2 aromatic rings. The predicted octanol–water partition coefficient (Wildman–Crippen LogP) is 0.950. The molecular formula is C12H18N6O2. The Kier molecular flexibility index (Phi) is 4.80. The van der Waals surface area contributed by atoms with Gasteiger partial charge >= 0.3 is 0 Å². The van der Waals surface area contributed by atoms with Gasteiger partial charge in [0, 0.05) is 19.3 Å². The van der Waals surface area contributed by atoms with Crippen LogP contribution in [0.25, 0.3) is 0 Å². The number of nitrogens with zero attached hydrogens (tertiary/aromatic N) is 4. The van der Waals surface area contributed by atoms with Gasteiger partial charge < -0.3 is 9.84 Å². The molecule has 108 valence electrons. The number of nitrogens with one attached hydrogen (secondary N) is 2. The van der Waals surface area contributed by atoms with Gasteiger partial charge in [-0.05, 0) is 13.3 Å². The van der Waals surface area contributed by atoms with Gasteiger partial charge in [-0.2, -0.15) is 10.1 Å². The van der Waals surface area contributed by atoms with Crippen molar-refractivity contribution in [2.75, 3.05) is 0 Å². The number of H-pyrrole nitrogens is 1. The molecule has 8 nitrogen and oxygen atoms in total. The lowest BCUT2D eigenvalue weighted by molar-refractivity contribution is -0.121. The van der Waals surface area contributed by atoms with E-state index in [1.165, 1.54) is 6.33 Å². The largest absolute Gasteiger partial charge is 0.346 e. The van der Waals surface area contributed by atoms with Crippen molar-refractivity contribution in [2.45, 2.75) is 45.6 Å². The lowest BCUT2D eigenvalue weighted by atomic mass is 10.2. The van der Waals surface area contributed by atoms with Crippen molar-refractivity contribution in [3.63, 3.8) is 0 Å². The highest BCUT2D eigenvalue weighted by atomic mass is 16.5. The first-order valence-electron chi connectivity index (χ1n) is 6.65. The zero-order chi connectivity index (χ0) is 14.4. The highest BCUT2D eigenvalue weighted by molar-refractivity contribution is 5.76. The summed E-state index contributed by atoms with van der Waals surface area (Å²) in [5.41, 5.74) is 0. The van der Waals surface area contributed by atoms with Gasteiger partial charge in [-0.1, -0.05) is 12.1 Å². The van der Waals surface area contributed by atoms with Gasteiger partial charge in [-0.25, -0.2) is 4.98 Å². The molecule has 0 saturated carbocycles. The van der Waals surface area contributed by atoms with E-state index in [0.29, 0.717) is 30.4 Å². The van der Waals surface area contributed by atoms with E-state index in [-0.39, 0.29) is 11.9 Å². The molecule has 0 aromatic carbocycles. The average molecular weight is 278 g/mol. The normalized spacial score (nSPS) is 12.3. The third kappa shape index (κ3) is 3.87. The fraction of sp³-hybridized carbons (Fsp3) is 0.583. The molecule has 1 unspecified atom stereocenters. The summed E-state index contributed by atoms with van der Waals surface area (Å²) < 4.78 is 5.08. The third-order valence-corrected chi connectivity index (χ3v) is 2.77. The van der Waals surface area contributed by atoms with Gasteiger partial charge in [0.1, 0.15) is 12.2 Å². The van der Waals surface area contributed by atoms with Gasteiger partial charge in [-0.3, -0.25) is 9.89 Å². The minimum atomic E-state index is -0.205. The Morgan fingerprint density at radius 3 is 3.05 bits per heavy atom. The molecule has 0 radical (unpaired) electrons. The Hall–Kier alpha value is -2.25. The molecule has 0 aliphatic rings. The molecule has 20 heavy (non-hydrogen) atoms. The number of aromatic nitrogens is 5. The summed E-state index contributed by atoms with van der Waals surface area (Å²) in [6, 6.07) is -0.205. The minimum Gasteiger partial charge on any atom is -0.346 e. The predicted molar refractivity (Wildman–Crippen MR) is 69.6 cm³/mol. The molecule has 1 atom stereocenters. The Balaban J connectivity index is 1.77. The third-order valence-electron chi connectivity index (χ3n) is 2.77. The first-order chi connectivity index (χ1) is 9.69. The number of carbonyl (C=O) groups excluding carboxylic acids is 1. The number of aryl methyl sites for hydroxylation is 2. The summed E-state index contributed by atoms with van der Waals surface area (Å²) in [7, 11) is 0.